The van der Waals surface area contributed by atoms with Crippen LogP contribution in [0.2, 0.25) is 5.02 Å². The Morgan fingerprint density at radius 2 is 1.85 bits per heavy atom. The molecule has 0 unspecified atom stereocenters. The number of anilines is 1. The molecule has 138 valence electrons. The highest BCUT2D eigenvalue weighted by Crippen LogP contribution is 2.16. The van der Waals surface area contributed by atoms with Crippen LogP contribution in [-0.4, -0.2) is 21.7 Å². The molecule has 0 bridgehead atoms. The van der Waals surface area contributed by atoms with Gasteiger partial charge in [-0.1, -0.05) is 41.9 Å². The topological polar surface area (TPSA) is 102 Å². The molecular formula is C19H18ClN5O2. The van der Waals surface area contributed by atoms with Crippen LogP contribution in [0.3, 0.4) is 0 Å². The number of urea groups is 1. The minimum atomic E-state index is -0.621. The van der Waals surface area contributed by atoms with Gasteiger partial charge in [0.1, 0.15) is 0 Å². The molecule has 0 aliphatic heterocycles. The summed E-state index contributed by atoms with van der Waals surface area (Å²) in [6.07, 6.45) is 3.20. The summed E-state index contributed by atoms with van der Waals surface area (Å²) >= 11 is 6.15. The lowest BCUT2D eigenvalue weighted by Gasteiger charge is -2.06. The average Bonchev–Trinajstić information content (AvgIpc) is 3.11. The zero-order chi connectivity index (χ0) is 19.2. The number of hydrogen-bond acceptors (Lipinski definition) is 3. The molecule has 0 fully saturated rings. The summed E-state index contributed by atoms with van der Waals surface area (Å²) in [6, 6.07) is 13.9. The number of benzene rings is 2. The van der Waals surface area contributed by atoms with E-state index >= 15 is 0 Å². The van der Waals surface area contributed by atoms with Crippen molar-refractivity contribution in [2.75, 3.05) is 5.32 Å². The van der Waals surface area contributed by atoms with Gasteiger partial charge in [-0.15, -0.1) is 0 Å². The minimum absolute atomic E-state index is 0.222. The molecule has 0 spiro atoms. The van der Waals surface area contributed by atoms with E-state index in [4.69, 9.17) is 17.3 Å². The number of amides is 3. The van der Waals surface area contributed by atoms with Gasteiger partial charge in [-0.3, -0.25) is 9.48 Å². The molecule has 3 aromatic rings. The Bertz CT molecular complexity index is 953. The molecule has 27 heavy (non-hydrogen) atoms. The van der Waals surface area contributed by atoms with Gasteiger partial charge < -0.3 is 16.4 Å². The van der Waals surface area contributed by atoms with E-state index in [1.807, 2.05) is 24.3 Å². The van der Waals surface area contributed by atoms with E-state index in [1.54, 1.807) is 35.1 Å². The first-order valence-electron chi connectivity index (χ1n) is 8.21. The molecule has 2 aromatic carbocycles. The molecule has 0 aliphatic carbocycles. The predicted octanol–water partition coefficient (Wildman–Crippen LogP) is 3.01. The molecule has 0 saturated heterocycles. The number of halogens is 1. The van der Waals surface area contributed by atoms with Gasteiger partial charge >= 0.3 is 6.03 Å². The number of carbonyl (C=O) groups excluding carboxylic acids is 2. The Hall–Kier alpha value is -3.32. The van der Waals surface area contributed by atoms with Crippen LogP contribution in [-0.2, 0) is 13.1 Å². The van der Waals surface area contributed by atoms with Crippen molar-refractivity contribution in [1.29, 1.82) is 0 Å². The molecule has 3 rings (SSSR count). The highest BCUT2D eigenvalue weighted by molar-refractivity contribution is 6.31. The number of aromatic nitrogens is 2. The zero-order valence-electron chi connectivity index (χ0n) is 14.4. The van der Waals surface area contributed by atoms with Crippen molar-refractivity contribution in [3.05, 3.63) is 82.6 Å². The number of nitrogens with zero attached hydrogens (tertiary/aromatic N) is 2. The van der Waals surface area contributed by atoms with Gasteiger partial charge in [-0.25, -0.2) is 4.79 Å². The second kappa shape index (κ2) is 8.37. The van der Waals surface area contributed by atoms with E-state index in [2.05, 4.69) is 15.7 Å². The predicted molar refractivity (Wildman–Crippen MR) is 104 cm³/mol. The molecule has 3 amide bonds. The molecular weight excluding hydrogens is 366 g/mol. The Labute approximate surface area is 161 Å². The van der Waals surface area contributed by atoms with Gasteiger partial charge in [0.2, 0.25) is 0 Å². The molecule has 8 heteroatoms. The third-order valence-electron chi connectivity index (χ3n) is 3.86. The molecule has 4 N–H and O–H groups in total. The van der Waals surface area contributed by atoms with Gasteiger partial charge in [0, 0.05) is 23.5 Å². The van der Waals surface area contributed by atoms with E-state index in [-0.39, 0.29) is 5.91 Å². The SMILES string of the molecule is NC(=O)Nc1ccc(CNC(=O)c2cnn(Cc3ccccc3Cl)c2)cc1. The quantitative estimate of drug-likeness (QED) is 0.609. The standard InChI is InChI=1S/C19H18ClN5O2/c20-17-4-2-1-3-14(17)11-25-12-15(10-23-25)18(26)22-9-13-5-7-16(8-6-13)24-19(21)27/h1-8,10,12H,9,11H2,(H,22,26)(H3,21,24,27). The number of carbonyl (C=O) groups is 2. The van der Waals surface area contributed by atoms with E-state index in [0.29, 0.717) is 29.4 Å². The Morgan fingerprint density at radius 1 is 1.11 bits per heavy atom. The summed E-state index contributed by atoms with van der Waals surface area (Å²) in [4.78, 5) is 23.1. The monoisotopic (exact) mass is 383 g/mol. The maximum Gasteiger partial charge on any atom is 0.316 e. The fraction of sp³-hybridized carbons (Fsp3) is 0.105. The van der Waals surface area contributed by atoms with Crippen molar-refractivity contribution in [2.24, 2.45) is 5.73 Å². The van der Waals surface area contributed by atoms with Crippen LogP contribution in [0, 0.1) is 0 Å². The minimum Gasteiger partial charge on any atom is -0.351 e. The highest BCUT2D eigenvalue weighted by atomic mass is 35.5. The second-order valence-electron chi connectivity index (χ2n) is 5.89. The fourth-order valence-corrected chi connectivity index (χ4v) is 2.70. The number of hydrogen-bond donors (Lipinski definition) is 3. The molecule has 0 saturated carbocycles. The smallest absolute Gasteiger partial charge is 0.316 e. The summed E-state index contributed by atoms with van der Waals surface area (Å²) in [5.41, 5.74) is 7.94. The summed E-state index contributed by atoms with van der Waals surface area (Å²) in [6.45, 7) is 0.840. The van der Waals surface area contributed by atoms with Crippen molar-refractivity contribution in [2.45, 2.75) is 13.1 Å². The Kier molecular flexibility index (Phi) is 5.73. The van der Waals surface area contributed by atoms with Crippen LogP contribution in [0.1, 0.15) is 21.5 Å². The number of nitrogens with one attached hydrogen (secondary N) is 2. The number of nitrogens with two attached hydrogens (primary N) is 1. The third-order valence-corrected chi connectivity index (χ3v) is 4.23. The maximum absolute atomic E-state index is 12.3. The first kappa shape index (κ1) is 18.5. The number of primary amides is 1. The lowest BCUT2D eigenvalue weighted by molar-refractivity contribution is 0.0951. The highest BCUT2D eigenvalue weighted by Gasteiger charge is 2.09. The number of rotatable bonds is 6. The van der Waals surface area contributed by atoms with E-state index < -0.39 is 6.03 Å². The van der Waals surface area contributed by atoms with Crippen molar-refractivity contribution >= 4 is 29.2 Å². The van der Waals surface area contributed by atoms with Crippen molar-refractivity contribution in [3.8, 4) is 0 Å². The fourth-order valence-electron chi connectivity index (χ4n) is 2.50. The van der Waals surface area contributed by atoms with Gasteiger partial charge in [0.15, 0.2) is 0 Å². The summed E-state index contributed by atoms with van der Waals surface area (Å²) in [5.74, 6) is -0.222. The Morgan fingerprint density at radius 3 is 2.56 bits per heavy atom. The second-order valence-corrected chi connectivity index (χ2v) is 6.29. The van der Waals surface area contributed by atoms with Crippen LogP contribution in [0.25, 0.3) is 0 Å². The van der Waals surface area contributed by atoms with Crippen LogP contribution in [0.5, 0.6) is 0 Å². The lowest BCUT2D eigenvalue weighted by atomic mass is 10.2. The van der Waals surface area contributed by atoms with Crippen molar-refractivity contribution < 1.29 is 9.59 Å². The lowest BCUT2D eigenvalue weighted by Crippen LogP contribution is -2.22. The van der Waals surface area contributed by atoms with Gasteiger partial charge in [-0.2, -0.15) is 5.10 Å². The molecule has 0 aliphatic rings. The molecule has 7 nitrogen and oxygen atoms in total. The van der Waals surface area contributed by atoms with Crippen molar-refractivity contribution in [3.63, 3.8) is 0 Å². The molecule has 0 atom stereocenters. The van der Waals surface area contributed by atoms with Gasteiger partial charge in [0.25, 0.3) is 5.91 Å². The molecule has 1 heterocycles. The molecule has 0 radical (unpaired) electrons. The van der Waals surface area contributed by atoms with E-state index in [0.717, 1.165) is 11.1 Å². The third kappa shape index (κ3) is 5.08. The summed E-state index contributed by atoms with van der Waals surface area (Å²) in [5, 5.41) is 10.2. The van der Waals surface area contributed by atoms with E-state index in [1.165, 1.54) is 6.20 Å². The van der Waals surface area contributed by atoms with Crippen LogP contribution >= 0.6 is 11.6 Å². The normalized spacial score (nSPS) is 10.4. The first-order valence-corrected chi connectivity index (χ1v) is 8.58. The van der Waals surface area contributed by atoms with Gasteiger partial charge in [0.05, 0.1) is 18.3 Å². The van der Waals surface area contributed by atoms with E-state index in [9.17, 15) is 9.59 Å². The van der Waals surface area contributed by atoms with Crippen LogP contribution in [0.4, 0.5) is 10.5 Å². The zero-order valence-corrected chi connectivity index (χ0v) is 15.1. The Balaban J connectivity index is 1.56. The molecule has 1 aromatic heterocycles. The van der Waals surface area contributed by atoms with Crippen LogP contribution in [0.15, 0.2) is 60.9 Å². The largest absolute Gasteiger partial charge is 0.351 e. The van der Waals surface area contributed by atoms with Gasteiger partial charge in [-0.05, 0) is 29.3 Å². The average molecular weight is 384 g/mol. The van der Waals surface area contributed by atoms with Crippen molar-refractivity contribution in [1.82, 2.24) is 15.1 Å². The van der Waals surface area contributed by atoms with Crippen LogP contribution < -0.4 is 16.4 Å². The maximum atomic E-state index is 12.3. The summed E-state index contributed by atoms with van der Waals surface area (Å²) < 4.78 is 1.67. The first-order chi connectivity index (χ1) is 13.0. The summed E-state index contributed by atoms with van der Waals surface area (Å²) in [7, 11) is 0.